The molecule has 0 radical (unpaired) electrons. The lowest BCUT2D eigenvalue weighted by Crippen LogP contribution is -2.14. The van der Waals surface area contributed by atoms with Crippen LogP contribution in [0, 0.1) is 6.92 Å². The van der Waals surface area contributed by atoms with E-state index in [1.807, 2.05) is 23.5 Å². The van der Waals surface area contributed by atoms with Crippen molar-refractivity contribution in [2.45, 2.75) is 20.0 Å². The molecule has 84 valence electrons. The standard InChI is InChI=1S/C12H15N3S/c1-9-4-5-10(16-9)7-14-8-12-11(13)3-2-6-15-12/h2-6,14H,7-8,13H2,1H3. The molecule has 4 heteroatoms. The first-order valence-electron chi connectivity index (χ1n) is 5.21. The maximum atomic E-state index is 5.80. The highest BCUT2D eigenvalue weighted by atomic mass is 32.1. The quantitative estimate of drug-likeness (QED) is 0.852. The molecule has 0 fully saturated rings. The third-order valence-corrected chi connectivity index (χ3v) is 3.31. The van der Waals surface area contributed by atoms with Crippen molar-refractivity contribution in [1.82, 2.24) is 10.3 Å². The first-order chi connectivity index (χ1) is 7.75. The fourth-order valence-electron chi connectivity index (χ4n) is 1.48. The Balaban J connectivity index is 1.87. The predicted molar refractivity (Wildman–Crippen MR) is 68.2 cm³/mol. The Morgan fingerprint density at radius 3 is 2.88 bits per heavy atom. The Morgan fingerprint density at radius 2 is 2.19 bits per heavy atom. The average Bonchev–Trinajstić information content (AvgIpc) is 2.67. The molecule has 2 heterocycles. The van der Waals surface area contributed by atoms with E-state index in [2.05, 4.69) is 29.4 Å². The second kappa shape index (κ2) is 5.09. The fraction of sp³-hybridized carbons (Fsp3) is 0.250. The molecule has 0 aliphatic carbocycles. The third-order valence-electron chi connectivity index (χ3n) is 2.31. The Labute approximate surface area is 99.3 Å². The van der Waals surface area contributed by atoms with Crippen LogP contribution in [0.15, 0.2) is 30.5 Å². The van der Waals surface area contributed by atoms with E-state index in [1.54, 1.807) is 6.20 Å². The van der Waals surface area contributed by atoms with E-state index in [1.165, 1.54) is 9.75 Å². The van der Waals surface area contributed by atoms with Crippen molar-refractivity contribution in [2.75, 3.05) is 5.73 Å². The molecule has 2 aromatic heterocycles. The number of hydrogen-bond donors (Lipinski definition) is 2. The minimum absolute atomic E-state index is 0.712. The van der Waals surface area contributed by atoms with Gasteiger partial charge in [-0.1, -0.05) is 0 Å². The number of rotatable bonds is 4. The van der Waals surface area contributed by atoms with Gasteiger partial charge in [-0.3, -0.25) is 4.98 Å². The number of thiophene rings is 1. The summed E-state index contributed by atoms with van der Waals surface area (Å²) in [5.41, 5.74) is 7.46. The van der Waals surface area contributed by atoms with E-state index in [-0.39, 0.29) is 0 Å². The van der Waals surface area contributed by atoms with Crippen molar-refractivity contribution in [3.8, 4) is 0 Å². The molecule has 0 saturated heterocycles. The molecule has 2 rings (SSSR count). The summed E-state index contributed by atoms with van der Waals surface area (Å²) < 4.78 is 0. The zero-order chi connectivity index (χ0) is 11.4. The Kier molecular flexibility index (Phi) is 3.54. The van der Waals surface area contributed by atoms with Crippen LogP contribution in [0.25, 0.3) is 0 Å². The lowest BCUT2D eigenvalue weighted by atomic mass is 10.3. The van der Waals surface area contributed by atoms with Crippen molar-refractivity contribution in [3.63, 3.8) is 0 Å². The molecule has 0 unspecified atom stereocenters. The molecule has 0 spiro atoms. The van der Waals surface area contributed by atoms with Crippen LogP contribution >= 0.6 is 11.3 Å². The van der Waals surface area contributed by atoms with Gasteiger partial charge < -0.3 is 11.1 Å². The van der Waals surface area contributed by atoms with Crippen molar-refractivity contribution >= 4 is 17.0 Å². The second-order valence-electron chi connectivity index (χ2n) is 3.66. The van der Waals surface area contributed by atoms with Crippen LogP contribution in [-0.2, 0) is 13.1 Å². The predicted octanol–water partition coefficient (Wildman–Crippen LogP) is 2.32. The van der Waals surface area contributed by atoms with Crippen LogP contribution in [0.4, 0.5) is 5.69 Å². The van der Waals surface area contributed by atoms with Gasteiger partial charge >= 0.3 is 0 Å². The van der Waals surface area contributed by atoms with E-state index in [9.17, 15) is 0 Å². The highest BCUT2D eigenvalue weighted by Gasteiger charge is 2.00. The summed E-state index contributed by atoms with van der Waals surface area (Å²) in [6.45, 7) is 3.70. The summed E-state index contributed by atoms with van der Waals surface area (Å²) in [4.78, 5) is 6.91. The monoisotopic (exact) mass is 233 g/mol. The van der Waals surface area contributed by atoms with Gasteiger partial charge in [-0.2, -0.15) is 0 Å². The summed E-state index contributed by atoms with van der Waals surface area (Å²) in [5, 5.41) is 3.34. The molecule has 0 aliphatic heterocycles. The molecule has 3 nitrogen and oxygen atoms in total. The minimum atomic E-state index is 0.712. The fourth-order valence-corrected chi connectivity index (χ4v) is 2.34. The molecule has 0 saturated carbocycles. The largest absolute Gasteiger partial charge is 0.397 e. The van der Waals surface area contributed by atoms with Gasteiger partial charge in [0.05, 0.1) is 11.4 Å². The number of aryl methyl sites for hydroxylation is 1. The molecule has 3 N–H and O–H groups in total. The van der Waals surface area contributed by atoms with Gasteiger partial charge in [0.2, 0.25) is 0 Å². The summed E-state index contributed by atoms with van der Waals surface area (Å²) >= 11 is 1.81. The maximum Gasteiger partial charge on any atom is 0.0770 e. The molecule has 0 aliphatic rings. The van der Waals surface area contributed by atoms with E-state index in [4.69, 9.17) is 5.73 Å². The Morgan fingerprint density at radius 1 is 1.31 bits per heavy atom. The first-order valence-corrected chi connectivity index (χ1v) is 6.03. The Hall–Kier alpha value is -1.39. The smallest absolute Gasteiger partial charge is 0.0770 e. The summed E-state index contributed by atoms with van der Waals surface area (Å²) in [6, 6.07) is 8.01. The van der Waals surface area contributed by atoms with Gasteiger partial charge in [0.1, 0.15) is 0 Å². The number of aromatic nitrogens is 1. The van der Waals surface area contributed by atoms with Crippen LogP contribution in [0.5, 0.6) is 0 Å². The normalized spacial score (nSPS) is 10.6. The number of nitrogens with one attached hydrogen (secondary N) is 1. The molecular weight excluding hydrogens is 218 g/mol. The second-order valence-corrected chi connectivity index (χ2v) is 5.03. The molecule has 0 atom stereocenters. The number of nitrogens with zero attached hydrogens (tertiary/aromatic N) is 1. The van der Waals surface area contributed by atoms with Crippen LogP contribution in [-0.4, -0.2) is 4.98 Å². The number of anilines is 1. The van der Waals surface area contributed by atoms with Crippen LogP contribution in [0.1, 0.15) is 15.4 Å². The van der Waals surface area contributed by atoms with Gasteiger partial charge in [0.15, 0.2) is 0 Å². The third kappa shape index (κ3) is 2.81. The van der Waals surface area contributed by atoms with Crippen molar-refractivity contribution < 1.29 is 0 Å². The molecule has 16 heavy (non-hydrogen) atoms. The lowest BCUT2D eigenvalue weighted by Gasteiger charge is -2.05. The summed E-state index contributed by atoms with van der Waals surface area (Å²) in [7, 11) is 0. The van der Waals surface area contributed by atoms with Crippen LogP contribution in [0.2, 0.25) is 0 Å². The average molecular weight is 233 g/mol. The summed E-state index contributed by atoms with van der Waals surface area (Å²) in [6.07, 6.45) is 1.77. The van der Waals surface area contributed by atoms with E-state index >= 15 is 0 Å². The zero-order valence-electron chi connectivity index (χ0n) is 9.23. The Bertz CT molecular complexity index is 465. The lowest BCUT2D eigenvalue weighted by molar-refractivity contribution is 0.688. The molecule has 0 amide bonds. The van der Waals surface area contributed by atoms with E-state index < -0.39 is 0 Å². The van der Waals surface area contributed by atoms with E-state index in [0.29, 0.717) is 6.54 Å². The molecule has 2 aromatic rings. The van der Waals surface area contributed by atoms with Gasteiger partial charge in [-0.15, -0.1) is 11.3 Å². The van der Waals surface area contributed by atoms with Gasteiger partial charge in [-0.05, 0) is 31.2 Å². The number of pyridine rings is 1. The van der Waals surface area contributed by atoms with Crippen molar-refractivity contribution in [1.29, 1.82) is 0 Å². The van der Waals surface area contributed by atoms with Crippen molar-refractivity contribution in [3.05, 3.63) is 45.9 Å². The topological polar surface area (TPSA) is 50.9 Å². The van der Waals surface area contributed by atoms with Crippen LogP contribution in [0.3, 0.4) is 0 Å². The molecular formula is C12H15N3S. The number of hydrogen-bond acceptors (Lipinski definition) is 4. The number of nitrogen functional groups attached to an aromatic ring is 1. The van der Waals surface area contributed by atoms with Crippen LogP contribution < -0.4 is 11.1 Å². The van der Waals surface area contributed by atoms with Crippen molar-refractivity contribution in [2.24, 2.45) is 0 Å². The maximum absolute atomic E-state index is 5.80. The van der Waals surface area contributed by atoms with Gasteiger partial charge in [0, 0.05) is 29.0 Å². The van der Waals surface area contributed by atoms with Gasteiger partial charge in [-0.25, -0.2) is 0 Å². The molecule has 0 aromatic carbocycles. The highest BCUT2D eigenvalue weighted by molar-refractivity contribution is 7.11. The molecule has 0 bridgehead atoms. The zero-order valence-corrected chi connectivity index (χ0v) is 10.1. The minimum Gasteiger partial charge on any atom is -0.397 e. The highest BCUT2D eigenvalue weighted by Crippen LogP contribution is 2.14. The summed E-state index contributed by atoms with van der Waals surface area (Å²) in [5.74, 6) is 0. The number of nitrogens with two attached hydrogens (primary N) is 1. The SMILES string of the molecule is Cc1ccc(CNCc2ncccc2N)s1. The first kappa shape index (κ1) is 11.1. The van der Waals surface area contributed by atoms with Gasteiger partial charge in [0.25, 0.3) is 0 Å². The van der Waals surface area contributed by atoms with E-state index in [0.717, 1.165) is 17.9 Å².